The van der Waals surface area contributed by atoms with E-state index in [1.54, 1.807) is 24.3 Å². The van der Waals surface area contributed by atoms with Gasteiger partial charge in [0, 0.05) is 18.7 Å². The second kappa shape index (κ2) is 8.35. The van der Waals surface area contributed by atoms with E-state index in [0.29, 0.717) is 43.3 Å². The largest absolute Gasteiger partial charge is 0.465 e. The number of esters is 1. The van der Waals surface area contributed by atoms with Crippen molar-refractivity contribution in [3.8, 4) is 12.3 Å². The Bertz CT molecular complexity index is 580. The zero-order valence-electron chi connectivity index (χ0n) is 13.3. The number of rotatable bonds is 5. The first-order valence-electron chi connectivity index (χ1n) is 7.64. The molecule has 0 aliphatic carbocycles. The minimum atomic E-state index is -0.406. The summed E-state index contributed by atoms with van der Waals surface area (Å²) >= 11 is 0. The van der Waals surface area contributed by atoms with Crippen LogP contribution in [0.4, 0.5) is 0 Å². The topological polar surface area (TPSA) is 55.8 Å². The van der Waals surface area contributed by atoms with Crippen molar-refractivity contribution < 1.29 is 19.1 Å². The maximum atomic E-state index is 12.5. The molecular weight excluding hydrogens is 294 g/mol. The third kappa shape index (κ3) is 4.57. The number of ether oxygens (including phenoxy) is 2. The van der Waals surface area contributed by atoms with Gasteiger partial charge >= 0.3 is 5.97 Å². The Balaban J connectivity index is 1.87. The van der Waals surface area contributed by atoms with Crippen molar-refractivity contribution in [2.75, 3.05) is 33.4 Å². The van der Waals surface area contributed by atoms with E-state index < -0.39 is 5.97 Å². The van der Waals surface area contributed by atoms with Crippen molar-refractivity contribution in [2.24, 2.45) is 5.92 Å². The molecule has 0 aromatic heterocycles. The maximum absolute atomic E-state index is 12.5. The van der Waals surface area contributed by atoms with Gasteiger partial charge in [-0.25, -0.2) is 4.79 Å². The molecule has 1 aliphatic heterocycles. The van der Waals surface area contributed by atoms with Gasteiger partial charge in [-0.1, -0.05) is 5.92 Å². The van der Waals surface area contributed by atoms with E-state index >= 15 is 0 Å². The molecule has 1 aromatic rings. The van der Waals surface area contributed by atoms with Crippen LogP contribution >= 0.6 is 0 Å². The summed E-state index contributed by atoms with van der Waals surface area (Å²) in [6.07, 6.45) is 6.98. The van der Waals surface area contributed by atoms with E-state index in [0.717, 1.165) is 12.8 Å². The van der Waals surface area contributed by atoms with E-state index in [1.165, 1.54) is 7.11 Å². The fourth-order valence-corrected chi connectivity index (χ4v) is 2.64. The van der Waals surface area contributed by atoms with Crippen LogP contribution < -0.4 is 0 Å². The van der Waals surface area contributed by atoms with Crippen LogP contribution in [0.3, 0.4) is 0 Å². The first kappa shape index (κ1) is 17.0. The van der Waals surface area contributed by atoms with E-state index in [1.807, 2.05) is 4.90 Å². The van der Waals surface area contributed by atoms with E-state index in [-0.39, 0.29) is 5.91 Å². The molecule has 5 heteroatoms. The molecule has 1 heterocycles. The lowest BCUT2D eigenvalue weighted by Crippen LogP contribution is -2.39. The summed E-state index contributed by atoms with van der Waals surface area (Å²) in [5.41, 5.74) is 1.02. The monoisotopic (exact) mass is 315 g/mol. The number of nitrogens with zero attached hydrogens (tertiary/aromatic N) is 1. The highest BCUT2D eigenvalue weighted by Crippen LogP contribution is 2.19. The molecule has 0 bridgehead atoms. The number of carbonyl (C=O) groups is 2. The van der Waals surface area contributed by atoms with E-state index in [2.05, 4.69) is 10.7 Å². The Morgan fingerprint density at radius 3 is 2.39 bits per heavy atom. The molecule has 1 saturated heterocycles. The molecule has 0 unspecified atom stereocenters. The predicted molar refractivity (Wildman–Crippen MR) is 86.1 cm³/mol. The number of amides is 1. The average molecular weight is 315 g/mol. The van der Waals surface area contributed by atoms with Gasteiger partial charge in [0.05, 0.1) is 19.3 Å². The SMILES string of the molecule is C#CCOCC1CCN(C(=O)c2ccc(C(=O)OC)cc2)CC1. The molecule has 0 N–H and O–H groups in total. The molecule has 0 atom stereocenters. The molecule has 2 rings (SSSR count). The van der Waals surface area contributed by atoms with E-state index in [9.17, 15) is 9.59 Å². The van der Waals surface area contributed by atoms with Crippen LogP contribution in [0, 0.1) is 18.3 Å². The number of hydrogen-bond donors (Lipinski definition) is 0. The average Bonchev–Trinajstić information content (AvgIpc) is 2.61. The van der Waals surface area contributed by atoms with Crippen molar-refractivity contribution in [3.05, 3.63) is 35.4 Å². The molecule has 122 valence electrons. The van der Waals surface area contributed by atoms with Crippen LogP contribution in [0.2, 0.25) is 0 Å². The fraction of sp³-hybridized carbons (Fsp3) is 0.444. The molecule has 1 aliphatic rings. The van der Waals surface area contributed by atoms with Gasteiger partial charge in [0.15, 0.2) is 0 Å². The molecule has 0 radical (unpaired) electrons. The van der Waals surface area contributed by atoms with E-state index in [4.69, 9.17) is 11.2 Å². The van der Waals surface area contributed by atoms with Gasteiger partial charge in [0.2, 0.25) is 0 Å². The number of terminal acetylenes is 1. The van der Waals surface area contributed by atoms with Crippen LogP contribution in [0.5, 0.6) is 0 Å². The van der Waals surface area contributed by atoms with Crippen molar-refractivity contribution in [1.82, 2.24) is 4.90 Å². The van der Waals surface area contributed by atoms with Gasteiger partial charge in [-0.2, -0.15) is 0 Å². The highest BCUT2D eigenvalue weighted by molar-refractivity contribution is 5.96. The van der Waals surface area contributed by atoms with Crippen LogP contribution in [0.1, 0.15) is 33.6 Å². The summed E-state index contributed by atoms with van der Waals surface area (Å²) in [4.78, 5) is 25.7. The summed E-state index contributed by atoms with van der Waals surface area (Å²) in [5.74, 6) is 2.49. The fourth-order valence-electron chi connectivity index (χ4n) is 2.64. The number of piperidine rings is 1. The second-order valence-electron chi connectivity index (χ2n) is 5.52. The minimum Gasteiger partial charge on any atom is -0.465 e. The zero-order chi connectivity index (χ0) is 16.7. The summed E-state index contributed by atoms with van der Waals surface area (Å²) < 4.78 is 10.0. The highest BCUT2D eigenvalue weighted by atomic mass is 16.5. The van der Waals surface area contributed by atoms with Crippen molar-refractivity contribution in [1.29, 1.82) is 0 Å². The standard InChI is InChI=1S/C18H21NO4/c1-3-12-23-13-14-8-10-19(11-9-14)17(20)15-4-6-16(7-5-15)18(21)22-2/h1,4-7,14H,8-13H2,2H3. The normalized spacial score (nSPS) is 15.0. The molecular formula is C18H21NO4. The Labute approximate surface area is 136 Å². The van der Waals surface area contributed by atoms with Gasteiger partial charge in [-0.3, -0.25) is 4.79 Å². The van der Waals surface area contributed by atoms with Crippen LogP contribution in [0.25, 0.3) is 0 Å². The Morgan fingerprint density at radius 1 is 1.22 bits per heavy atom. The van der Waals surface area contributed by atoms with Gasteiger partial charge in [0.25, 0.3) is 5.91 Å². The highest BCUT2D eigenvalue weighted by Gasteiger charge is 2.23. The number of likely N-dealkylation sites (tertiary alicyclic amines) is 1. The molecule has 0 saturated carbocycles. The molecule has 5 nitrogen and oxygen atoms in total. The Morgan fingerprint density at radius 2 is 1.83 bits per heavy atom. The van der Waals surface area contributed by atoms with Crippen LogP contribution in [-0.4, -0.2) is 50.2 Å². The lowest BCUT2D eigenvalue weighted by molar-refractivity contribution is 0.0577. The van der Waals surface area contributed by atoms with Crippen LogP contribution in [-0.2, 0) is 9.47 Å². The van der Waals surface area contributed by atoms with Crippen molar-refractivity contribution in [2.45, 2.75) is 12.8 Å². The lowest BCUT2D eigenvalue weighted by atomic mass is 9.97. The molecule has 1 aromatic carbocycles. The quantitative estimate of drug-likeness (QED) is 0.474. The van der Waals surface area contributed by atoms with Crippen LogP contribution in [0.15, 0.2) is 24.3 Å². The molecule has 0 spiro atoms. The first-order valence-corrected chi connectivity index (χ1v) is 7.64. The number of hydrogen-bond acceptors (Lipinski definition) is 4. The first-order chi connectivity index (χ1) is 11.2. The van der Waals surface area contributed by atoms with Gasteiger partial charge in [0.1, 0.15) is 6.61 Å². The van der Waals surface area contributed by atoms with Crippen molar-refractivity contribution >= 4 is 11.9 Å². The minimum absolute atomic E-state index is 0.00981. The number of benzene rings is 1. The third-order valence-electron chi connectivity index (χ3n) is 3.99. The molecule has 1 amide bonds. The summed E-state index contributed by atoms with van der Waals surface area (Å²) in [5, 5.41) is 0. The smallest absolute Gasteiger partial charge is 0.337 e. The van der Waals surface area contributed by atoms with Crippen molar-refractivity contribution in [3.63, 3.8) is 0 Å². The third-order valence-corrected chi connectivity index (χ3v) is 3.99. The summed E-state index contributed by atoms with van der Waals surface area (Å²) in [7, 11) is 1.33. The second-order valence-corrected chi connectivity index (χ2v) is 5.52. The molecule has 1 fully saturated rings. The van der Waals surface area contributed by atoms with Gasteiger partial charge < -0.3 is 14.4 Å². The molecule has 23 heavy (non-hydrogen) atoms. The number of methoxy groups -OCH3 is 1. The number of carbonyl (C=O) groups excluding carboxylic acids is 2. The summed E-state index contributed by atoms with van der Waals surface area (Å²) in [6.45, 7) is 2.41. The zero-order valence-corrected chi connectivity index (χ0v) is 13.3. The Kier molecular flexibility index (Phi) is 6.19. The maximum Gasteiger partial charge on any atom is 0.337 e. The van der Waals surface area contributed by atoms with Gasteiger partial charge in [-0.15, -0.1) is 6.42 Å². The van der Waals surface area contributed by atoms with Gasteiger partial charge in [-0.05, 0) is 43.0 Å². The predicted octanol–water partition coefficient (Wildman–Crippen LogP) is 1.98. The summed E-state index contributed by atoms with van der Waals surface area (Å²) in [6, 6.07) is 6.55. The lowest BCUT2D eigenvalue weighted by Gasteiger charge is -2.31. The Hall–Kier alpha value is -2.32.